The maximum atomic E-state index is 9.42. The molecule has 94 valence electrons. The summed E-state index contributed by atoms with van der Waals surface area (Å²) in [4.78, 5) is 4.25. The van der Waals surface area contributed by atoms with E-state index in [-0.39, 0.29) is 12.6 Å². The Labute approximate surface area is 108 Å². The fourth-order valence-electron chi connectivity index (χ4n) is 1.82. The van der Waals surface area contributed by atoms with Gasteiger partial charge >= 0.3 is 0 Å². The van der Waals surface area contributed by atoms with Gasteiger partial charge in [-0.2, -0.15) is 0 Å². The van der Waals surface area contributed by atoms with Gasteiger partial charge in [-0.15, -0.1) is 0 Å². The largest absolute Gasteiger partial charge is 0.394 e. The smallest absolute Gasteiger partial charge is 0.0626 e. The zero-order valence-corrected chi connectivity index (χ0v) is 10.5. The van der Waals surface area contributed by atoms with Crippen molar-refractivity contribution >= 4 is 0 Å². The lowest BCUT2D eigenvalue weighted by atomic mass is 10.1. The molecule has 0 fully saturated rings. The summed E-state index contributed by atoms with van der Waals surface area (Å²) in [6.07, 6.45) is 1.86. The summed E-state index contributed by atoms with van der Waals surface area (Å²) in [5.41, 5.74) is 3.23. The van der Waals surface area contributed by atoms with E-state index in [2.05, 4.69) is 16.4 Å². The number of aliphatic hydroxyl groups is 1. The summed E-state index contributed by atoms with van der Waals surface area (Å²) >= 11 is 0. The van der Waals surface area contributed by atoms with Crippen molar-refractivity contribution in [2.75, 3.05) is 6.61 Å². The lowest BCUT2D eigenvalue weighted by Crippen LogP contribution is -2.24. The molecule has 2 N–H and O–H groups in total. The van der Waals surface area contributed by atoms with Crippen LogP contribution in [0.1, 0.15) is 22.9 Å². The number of aliphatic hydroxyl groups excluding tert-OH is 1. The maximum absolute atomic E-state index is 9.42. The van der Waals surface area contributed by atoms with Crippen molar-refractivity contribution in [2.45, 2.75) is 19.5 Å². The minimum absolute atomic E-state index is 0.0347. The van der Waals surface area contributed by atoms with Crippen LogP contribution in [0.3, 0.4) is 0 Å². The molecule has 1 atom stereocenters. The monoisotopic (exact) mass is 242 g/mol. The molecule has 0 bridgehead atoms. The van der Waals surface area contributed by atoms with Gasteiger partial charge in [-0.3, -0.25) is 4.98 Å². The molecule has 3 heteroatoms. The molecule has 1 aromatic carbocycles. The van der Waals surface area contributed by atoms with Crippen LogP contribution >= 0.6 is 0 Å². The van der Waals surface area contributed by atoms with E-state index in [9.17, 15) is 5.11 Å². The highest BCUT2D eigenvalue weighted by Crippen LogP contribution is 2.12. The van der Waals surface area contributed by atoms with Gasteiger partial charge in [0, 0.05) is 18.4 Å². The molecule has 2 aromatic rings. The Morgan fingerprint density at radius 3 is 2.56 bits per heavy atom. The molecule has 18 heavy (non-hydrogen) atoms. The first kappa shape index (κ1) is 12.7. The first-order chi connectivity index (χ1) is 8.79. The molecule has 0 unspecified atom stereocenters. The Morgan fingerprint density at radius 1 is 1.17 bits per heavy atom. The number of benzene rings is 1. The van der Waals surface area contributed by atoms with Gasteiger partial charge in [0.1, 0.15) is 0 Å². The average Bonchev–Trinajstić information content (AvgIpc) is 2.43. The molecule has 0 saturated carbocycles. The van der Waals surface area contributed by atoms with Crippen LogP contribution < -0.4 is 5.32 Å². The normalized spacial score (nSPS) is 12.3. The fourth-order valence-corrected chi connectivity index (χ4v) is 1.82. The van der Waals surface area contributed by atoms with Crippen molar-refractivity contribution in [3.63, 3.8) is 0 Å². The van der Waals surface area contributed by atoms with E-state index in [1.807, 2.05) is 49.5 Å². The van der Waals surface area contributed by atoms with Crippen LogP contribution in [0.25, 0.3) is 0 Å². The van der Waals surface area contributed by atoms with Gasteiger partial charge in [-0.25, -0.2) is 0 Å². The highest BCUT2D eigenvalue weighted by Gasteiger charge is 2.08. The van der Waals surface area contributed by atoms with E-state index in [4.69, 9.17) is 0 Å². The number of hydrogen-bond acceptors (Lipinski definition) is 3. The zero-order chi connectivity index (χ0) is 12.8. The third-order valence-corrected chi connectivity index (χ3v) is 2.91. The lowest BCUT2D eigenvalue weighted by Gasteiger charge is -2.16. The lowest BCUT2D eigenvalue weighted by molar-refractivity contribution is 0.243. The molecule has 0 aliphatic heterocycles. The zero-order valence-electron chi connectivity index (χ0n) is 10.5. The van der Waals surface area contributed by atoms with Gasteiger partial charge in [-0.05, 0) is 24.1 Å². The summed E-state index contributed by atoms with van der Waals surface area (Å²) in [5.74, 6) is 0. The van der Waals surface area contributed by atoms with Gasteiger partial charge < -0.3 is 10.4 Å². The predicted octanol–water partition coefficient (Wildman–Crippen LogP) is 2.21. The number of nitrogens with zero attached hydrogens (tertiary/aromatic N) is 1. The first-order valence-electron chi connectivity index (χ1n) is 6.10. The summed E-state index contributed by atoms with van der Waals surface area (Å²) in [7, 11) is 0. The number of nitrogens with one attached hydrogen (secondary N) is 1. The highest BCUT2D eigenvalue weighted by atomic mass is 16.3. The second kappa shape index (κ2) is 6.28. The van der Waals surface area contributed by atoms with Gasteiger partial charge in [-0.1, -0.05) is 36.4 Å². The van der Waals surface area contributed by atoms with Crippen molar-refractivity contribution < 1.29 is 5.11 Å². The molecule has 0 saturated heterocycles. The predicted molar refractivity (Wildman–Crippen MR) is 72.1 cm³/mol. The highest BCUT2D eigenvalue weighted by molar-refractivity contribution is 5.19. The number of pyridine rings is 1. The number of aryl methyl sites for hydroxylation is 1. The summed E-state index contributed by atoms with van der Waals surface area (Å²) in [6.45, 7) is 2.76. The Bertz CT molecular complexity index is 468. The van der Waals surface area contributed by atoms with E-state index in [1.54, 1.807) is 0 Å². The summed E-state index contributed by atoms with van der Waals surface area (Å²) < 4.78 is 0. The van der Waals surface area contributed by atoms with Gasteiger partial charge in [0.15, 0.2) is 0 Å². The van der Waals surface area contributed by atoms with Crippen molar-refractivity contribution in [1.29, 1.82) is 0 Å². The fraction of sp³-hybridized carbons (Fsp3) is 0.267. The van der Waals surface area contributed by atoms with Crippen LogP contribution in [0, 0.1) is 6.92 Å². The molecule has 3 nitrogen and oxygen atoms in total. The molecule has 0 spiro atoms. The van der Waals surface area contributed by atoms with Crippen LogP contribution in [0.15, 0.2) is 48.7 Å². The quantitative estimate of drug-likeness (QED) is 0.845. The Morgan fingerprint density at radius 2 is 1.94 bits per heavy atom. The minimum Gasteiger partial charge on any atom is -0.394 e. The minimum atomic E-state index is -0.0347. The second-order valence-electron chi connectivity index (χ2n) is 4.33. The molecular formula is C15H18N2O. The third kappa shape index (κ3) is 3.39. The summed E-state index contributed by atoms with van der Waals surface area (Å²) in [6, 6.07) is 14.0. The Balaban J connectivity index is 1.97. The van der Waals surface area contributed by atoms with E-state index in [0.29, 0.717) is 6.54 Å². The number of hydrogen-bond donors (Lipinski definition) is 2. The van der Waals surface area contributed by atoms with Crippen molar-refractivity contribution in [1.82, 2.24) is 10.3 Å². The third-order valence-electron chi connectivity index (χ3n) is 2.91. The molecule has 1 aromatic heterocycles. The number of rotatable bonds is 5. The molecule has 0 aliphatic rings. The average molecular weight is 242 g/mol. The van der Waals surface area contributed by atoms with Crippen molar-refractivity contribution in [3.8, 4) is 0 Å². The Hall–Kier alpha value is -1.71. The van der Waals surface area contributed by atoms with Crippen LogP contribution in [0.5, 0.6) is 0 Å². The van der Waals surface area contributed by atoms with E-state index in [0.717, 1.165) is 16.8 Å². The van der Waals surface area contributed by atoms with E-state index in [1.165, 1.54) is 0 Å². The van der Waals surface area contributed by atoms with Crippen LogP contribution in [0.4, 0.5) is 0 Å². The standard InChI is InChI=1S/C15H18N2O/c1-12-7-8-13(9-16-12)10-17-15(11-18)14-5-3-2-4-6-14/h2-9,15,17-18H,10-11H2,1H3/t15-/m0/s1. The number of aromatic nitrogens is 1. The molecule has 0 aliphatic carbocycles. The van der Waals surface area contributed by atoms with Gasteiger partial charge in [0.05, 0.1) is 12.6 Å². The van der Waals surface area contributed by atoms with Gasteiger partial charge in [0.2, 0.25) is 0 Å². The van der Waals surface area contributed by atoms with Crippen molar-refractivity contribution in [3.05, 3.63) is 65.5 Å². The molecule has 1 heterocycles. The maximum Gasteiger partial charge on any atom is 0.0626 e. The topological polar surface area (TPSA) is 45.1 Å². The Kier molecular flexibility index (Phi) is 4.45. The SMILES string of the molecule is Cc1ccc(CN[C@@H](CO)c2ccccc2)cn1. The van der Waals surface area contributed by atoms with Crippen LogP contribution in [0.2, 0.25) is 0 Å². The van der Waals surface area contributed by atoms with E-state index >= 15 is 0 Å². The van der Waals surface area contributed by atoms with E-state index < -0.39 is 0 Å². The van der Waals surface area contributed by atoms with Gasteiger partial charge in [0.25, 0.3) is 0 Å². The van der Waals surface area contributed by atoms with Crippen LogP contribution in [-0.4, -0.2) is 16.7 Å². The second-order valence-corrected chi connectivity index (χ2v) is 4.33. The molecule has 0 amide bonds. The molecule has 2 rings (SSSR count). The molecule has 0 radical (unpaired) electrons. The first-order valence-corrected chi connectivity index (χ1v) is 6.10. The molecular weight excluding hydrogens is 224 g/mol. The summed E-state index contributed by atoms with van der Waals surface area (Å²) in [5, 5.41) is 12.8. The van der Waals surface area contributed by atoms with Crippen LogP contribution in [-0.2, 0) is 6.54 Å². The van der Waals surface area contributed by atoms with Crippen molar-refractivity contribution in [2.24, 2.45) is 0 Å².